The number of carboxylic acids is 1. The fraction of sp³-hybridized carbons (Fsp3) is 0.615. The van der Waals surface area contributed by atoms with E-state index in [1.807, 2.05) is 13.0 Å². The molecule has 2 fully saturated rings. The van der Waals surface area contributed by atoms with Crippen molar-refractivity contribution in [3.8, 4) is 0 Å². The van der Waals surface area contributed by atoms with E-state index in [1.54, 1.807) is 12.2 Å². The van der Waals surface area contributed by atoms with Crippen LogP contribution in [0.5, 0.6) is 0 Å². The lowest BCUT2D eigenvalue weighted by molar-refractivity contribution is -0.164. The topological polar surface area (TPSA) is 118 Å². The number of allylic oxidation sites excluding steroid dienone is 6. The summed E-state index contributed by atoms with van der Waals surface area (Å²) in [6.07, 6.45) is 9.28. The molecule has 0 unspecified atom stereocenters. The maximum Gasteiger partial charge on any atom is 0.306 e. The van der Waals surface area contributed by atoms with E-state index in [0.717, 1.165) is 12.0 Å². The largest absolute Gasteiger partial charge is 0.481 e. The van der Waals surface area contributed by atoms with Crippen molar-refractivity contribution >= 4 is 23.5 Å². The normalized spacial score (nSPS) is 39.0. The lowest BCUT2D eigenvalue weighted by Gasteiger charge is -2.55. The molecule has 0 radical (unpaired) electrons. The highest BCUT2D eigenvalue weighted by Crippen LogP contribution is 2.65. The van der Waals surface area contributed by atoms with E-state index in [9.17, 15) is 24.3 Å². The predicted molar refractivity (Wildman–Crippen MR) is 119 cm³/mol. The van der Waals surface area contributed by atoms with Gasteiger partial charge in [0, 0.05) is 10.8 Å². The average molecular weight is 457 g/mol. The van der Waals surface area contributed by atoms with Crippen molar-refractivity contribution in [1.29, 1.82) is 0 Å². The minimum absolute atomic E-state index is 0.0211. The first-order valence-electron chi connectivity index (χ1n) is 11.7. The van der Waals surface area contributed by atoms with Crippen molar-refractivity contribution in [2.24, 2.45) is 28.6 Å². The third-order valence-electron chi connectivity index (χ3n) is 8.80. The molecule has 0 aromatic carbocycles. The first kappa shape index (κ1) is 23.6. The van der Waals surface area contributed by atoms with Gasteiger partial charge in [0.05, 0.1) is 12.8 Å². The van der Waals surface area contributed by atoms with Crippen molar-refractivity contribution < 1.29 is 34.1 Å². The molecule has 4 aliphatic rings. The summed E-state index contributed by atoms with van der Waals surface area (Å²) >= 11 is 0. The molecular weight excluding hydrogens is 424 g/mol. The second-order valence-electron chi connectivity index (χ2n) is 10.5. The molecule has 0 aromatic heterocycles. The third kappa shape index (κ3) is 3.61. The molecule has 4 aliphatic carbocycles. The molecule has 6 atom stereocenters. The lowest BCUT2D eigenvalue weighted by atomic mass is 9.49. The number of carbonyl (C=O) groups is 4. The molecule has 33 heavy (non-hydrogen) atoms. The van der Waals surface area contributed by atoms with E-state index in [0.29, 0.717) is 19.3 Å². The van der Waals surface area contributed by atoms with E-state index < -0.39 is 35.3 Å². The van der Waals surface area contributed by atoms with Crippen LogP contribution in [0.25, 0.3) is 0 Å². The Labute approximate surface area is 193 Å². The molecule has 7 heteroatoms. The van der Waals surface area contributed by atoms with Crippen LogP contribution in [0.1, 0.15) is 59.3 Å². The summed E-state index contributed by atoms with van der Waals surface area (Å²) in [5.74, 6) is -1.86. The van der Waals surface area contributed by atoms with Gasteiger partial charge >= 0.3 is 11.9 Å². The van der Waals surface area contributed by atoms with Crippen LogP contribution in [0.4, 0.5) is 0 Å². The molecule has 0 bridgehead atoms. The van der Waals surface area contributed by atoms with E-state index in [-0.39, 0.29) is 41.8 Å². The molecule has 2 N–H and O–H groups in total. The summed E-state index contributed by atoms with van der Waals surface area (Å²) in [6.45, 7) is 5.70. The Bertz CT molecular complexity index is 1000. The van der Waals surface area contributed by atoms with Gasteiger partial charge < -0.3 is 14.9 Å². The number of carboxylic acid groups (broad SMARTS) is 1. The van der Waals surface area contributed by atoms with Crippen LogP contribution in [0.15, 0.2) is 35.5 Å². The number of hydrogen-bond acceptors (Lipinski definition) is 6. The number of ether oxygens (including phenoxy) is 1. The molecule has 2 saturated carbocycles. The Balaban J connectivity index is 1.56. The highest BCUT2D eigenvalue weighted by molar-refractivity contribution is 6.01. The van der Waals surface area contributed by atoms with Gasteiger partial charge in [-0.15, -0.1) is 0 Å². The zero-order valence-electron chi connectivity index (χ0n) is 19.4. The summed E-state index contributed by atoms with van der Waals surface area (Å²) in [6, 6.07) is 0. The summed E-state index contributed by atoms with van der Waals surface area (Å²) in [7, 11) is 0. The molecule has 0 saturated heterocycles. The summed E-state index contributed by atoms with van der Waals surface area (Å²) in [5, 5.41) is 20.3. The molecular formula is C26H32O7. The molecule has 0 aromatic rings. The zero-order chi connectivity index (χ0) is 24.2. The summed E-state index contributed by atoms with van der Waals surface area (Å²) < 4.78 is 5.00. The Kier molecular flexibility index (Phi) is 5.76. The number of ketones is 2. The van der Waals surface area contributed by atoms with Gasteiger partial charge in [0.2, 0.25) is 5.78 Å². The Morgan fingerprint density at radius 1 is 1.18 bits per heavy atom. The lowest BCUT2D eigenvalue weighted by Crippen LogP contribution is -2.56. The second-order valence-corrected chi connectivity index (χ2v) is 10.5. The van der Waals surface area contributed by atoms with Gasteiger partial charge in [-0.1, -0.05) is 31.6 Å². The van der Waals surface area contributed by atoms with Crippen LogP contribution >= 0.6 is 0 Å². The first-order chi connectivity index (χ1) is 15.4. The predicted octanol–water partition coefficient (Wildman–Crippen LogP) is 3.17. The van der Waals surface area contributed by atoms with Gasteiger partial charge in [0.1, 0.15) is 5.60 Å². The van der Waals surface area contributed by atoms with Crippen molar-refractivity contribution in [3.63, 3.8) is 0 Å². The van der Waals surface area contributed by atoms with E-state index in [4.69, 9.17) is 9.84 Å². The fourth-order valence-corrected chi connectivity index (χ4v) is 6.94. The van der Waals surface area contributed by atoms with E-state index in [1.165, 1.54) is 5.57 Å². The van der Waals surface area contributed by atoms with Gasteiger partial charge in [-0.2, -0.15) is 0 Å². The highest BCUT2D eigenvalue weighted by atomic mass is 16.5. The third-order valence-corrected chi connectivity index (χ3v) is 8.80. The van der Waals surface area contributed by atoms with Crippen LogP contribution in [0, 0.1) is 28.6 Å². The van der Waals surface area contributed by atoms with Crippen LogP contribution in [-0.2, 0) is 23.9 Å². The van der Waals surface area contributed by atoms with Crippen molar-refractivity contribution in [2.45, 2.75) is 64.9 Å². The smallest absolute Gasteiger partial charge is 0.306 e. The van der Waals surface area contributed by atoms with Gasteiger partial charge in [-0.3, -0.25) is 19.2 Å². The Morgan fingerprint density at radius 2 is 1.91 bits per heavy atom. The van der Waals surface area contributed by atoms with Crippen LogP contribution < -0.4 is 0 Å². The fourth-order valence-electron chi connectivity index (χ4n) is 6.94. The number of carbonyl (C=O) groups excluding carboxylic acids is 3. The molecule has 0 heterocycles. The number of fused-ring (bicyclic) bond motifs is 5. The molecule has 0 amide bonds. The highest BCUT2D eigenvalue weighted by Gasteiger charge is 2.64. The zero-order valence-corrected chi connectivity index (χ0v) is 19.4. The monoisotopic (exact) mass is 456 g/mol. The SMILES string of the molecule is C[C@H]1C[C@@H]2C(=CC[C@@]3(C)[C@H]2CC[C@]3(O)C(=O)COC(=O)CCC(=O)O)[C@@]2(C)C=CC(=O)C=C12. The average Bonchev–Trinajstić information content (AvgIpc) is 3.04. The Morgan fingerprint density at radius 3 is 2.61 bits per heavy atom. The Hall–Kier alpha value is -2.54. The molecule has 4 rings (SSSR count). The minimum atomic E-state index is -1.61. The number of hydrogen-bond donors (Lipinski definition) is 2. The maximum absolute atomic E-state index is 13.1. The minimum Gasteiger partial charge on any atom is -0.481 e. The van der Waals surface area contributed by atoms with Crippen LogP contribution in [-0.4, -0.2) is 45.9 Å². The number of Topliss-reactive ketones (excluding diaryl/α,β-unsaturated/α-hetero) is 1. The van der Waals surface area contributed by atoms with Crippen molar-refractivity contribution in [3.05, 3.63) is 35.5 Å². The quantitative estimate of drug-likeness (QED) is 0.465. The van der Waals surface area contributed by atoms with Crippen LogP contribution in [0.2, 0.25) is 0 Å². The number of aliphatic carboxylic acids is 1. The number of esters is 1. The first-order valence-corrected chi connectivity index (χ1v) is 11.7. The van der Waals surface area contributed by atoms with Gasteiger partial charge in [0.25, 0.3) is 0 Å². The summed E-state index contributed by atoms with van der Waals surface area (Å²) in [5.41, 5.74) is -0.196. The van der Waals surface area contributed by atoms with Crippen LogP contribution in [0.3, 0.4) is 0 Å². The van der Waals surface area contributed by atoms with E-state index >= 15 is 0 Å². The summed E-state index contributed by atoms with van der Waals surface area (Å²) in [4.78, 5) is 47.5. The van der Waals surface area contributed by atoms with Gasteiger partial charge in [-0.05, 0) is 68.1 Å². The van der Waals surface area contributed by atoms with Crippen molar-refractivity contribution in [2.75, 3.05) is 6.61 Å². The van der Waals surface area contributed by atoms with E-state index in [2.05, 4.69) is 19.9 Å². The van der Waals surface area contributed by atoms with Gasteiger partial charge in [-0.25, -0.2) is 0 Å². The van der Waals surface area contributed by atoms with Gasteiger partial charge in [0.15, 0.2) is 12.4 Å². The second kappa shape index (κ2) is 8.05. The number of rotatable bonds is 6. The molecule has 0 aliphatic heterocycles. The molecule has 7 nitrogen and oxygen atoms in total. The molecule has 178 valence electrons. The maximum atomic E-state index is 13.1. The van der Waals surface area contributed by atoms with Crippen molar-refractivity contribution in [1.82, 2.24) is 0 Å². The number of aliphatic hydroxyl groups is 1. The standard InChI is InChI=1S/C26H32O7/c1-15-12-17-18(24(2)9-6-16(27)13-20(15)24)7-10-25(3)19(17)8-11-26(25,32)21(28)14-33-23(31)5-4-22(29)30/h6-7,9,13,15,17,19,32H,4-5,8,10-12,14H2,1-3H3,(H,29,30)/t15-,17+,19-,24+,25-,26-/m0/s1. The molecule has 0 spiro atoms.